The third-order valence-corrected chi connectivity index (χ3v) is 4.68. The first kappa shape index (κ1) is 18.2. The van der Waals surface area contributed by atoms with E-state index in [0.29, 0.717) is 23.8 Å². The number of carbonyl (C=O) groups is 1. The highest BCUT2D eigenvalue weighted by Crippen LogP contribution is 2.22. The Balaban J connectivity index is 0.000000235. The minimum absolute atomic E-state index is 0.377. The van der Waals surface area contributed by atoms with E-state index in [-0.39, 0.29) is 0 Å². The summed E-state index contributed by atoms with van der Waals surface area (Å²) in [5.41, 5.74) is 4.61. The predicted molar refractivity (Wildman–Crippen MR) is 91.3 cm³/mol. The molecule has 0 saturated heterocycles. The van der Waals surface area contributed by atoms with Crippen molar-refractivity contribution in [3.8, 4) is 0 Å². The van der Waals surface area contributed by atoms with Gasteiger partial charge < -0.3 is 4.52 Å². The lowest BCUT2D eigenvalue weighted by atomic mass is 10.1. The molecule has 0 aliphatic heterocycles. The van der Waals surface area contributed by atoms with E-state index in [1.54, 1.807) is 31.2 Å². The topological polar surface area (TPSA) is 43.4 Å². The molecule has 117 valence electrons. The van der Waals surface area contributed by atoms with E-state index in [1.165, 1.54) is 16.7 Å². The molecule has 0 aromatic heterocycles. The van der Waals surface area contributed by atoms with Gasteiger partial charge >= 0.3 is 0 Å². The maximum atomic E-state index is 11.4. The van der Waals surface area contributed by atoms with Crippen molar-refractivity contribution in [1.82, 2.24) is 0 Å². The summed E-state index contributed by atoms with van der Waals surface area (Å²) in [4.78, 5) is 10.6. The zero-order chi connectivity index (χ0) is 16.5. The van der Waals surface area contributed by atoms with Crippen molar-refractivity contribution in [3.05, 3.63) is 64.7 Å². The van der Waals surface area contributed by atoms with Crippen molar-refractivity contribution in [1.29, 1.82) is 0 Å². The number of aldehydes is 1. The average molecular weight is 317 g/mol. The lowest BCUT2D eigenvalue weighted by Gasteiger charge is -2.01. The molecular formula is C18H22O3P. The Kier molecular flexibility index (Phi) is 7.65. The second-order valence-electron chi connectivity index (χ2n) is 4.87. The zero-order valence-electron chi connectivity index (χ0n) is 13.5. The van der Waals surface area contributed by atoms with Crippen LogP contribution in [0.15, 0.2) is 42.5 Å². The maximum Gasteiger partial charge on any atom is 0.247 e. The molecule has 2 aromatic carbocycles. The molecule has 0 bridgehead atoms. The van der Waals surface area contributed by atoms with Crippen LogP contribution in [0.5, 0.6) is 0 Å². The van der Waals surface area contributed by atoms with Crippen LogP contribution in [0.1, 0.15) is 34.0 Å². The first-order valence-corrected chi connectivity index (χ1v) is 8.36. The van der Waals surface area contributed by atoms with Gasteiger partial charge in [0, 0.05) is 5.56 Å². The molecule has 1 atom stereocenters. The van der Waals surface area contributed by atoms with Crippen molar-refractivity contribution in [2.45, 2.75) is 27.7 Å². The van der Waals surface area contributed by atoms with E-state index in [2.05, 4.69) is 39.0 Å². The van der Waals surface area contributed by atoms with Gasteiger partial charge in [-0.15, -0.1) is 0 Å². The molecular weight excluding hydrogens is 295 g/mol. The van der Waals surface area contributed by atoms with Crippen LogP contribution in [0.4, 0.5) is 0 Å². The third kappa shape index (κ3) is 5.18. The molecule has 22 heavy (non-hydrogen) atoms. The van der Waals surface area contributed by atoms with Crippen LogP contribution in [0, 0.1) is 20.8 Å². The minimum Gasteiger partial charge on any atom is -0.301 e. The quantitative estimate of drug-likeness (QED) is 0.615. The number of aryl methyl sites for hydroxylation is 2. The smallest absolute Gasteiger partial charge is 0.247 e. The van der Waals surface area contributed by atoms with E-state index in [1.807, 2.05) is 0 Å². The third-order valence-electron chi connectivity index (χ3n) is 3.38. The molecule has 0 aliphatic carbocycles. The second-order valence-corrected chi connectivity index (χ2v) is 6.12. The second kappa shape index (κ2) is 9.24. The zero-order valence-corrected chi connectivity index (χ0v) is 14.4. The lowest BCUT2D eigenvalue weighted by molar-refractivity contribution is 0.112. The van der Waals surface area contributed by atoms with E-state index >= 15 is 0 Å². The summed E-state index contributed by atoms with van der Waals surface area (Å²) in [5, 5.41) is 0.467. The molecule has 1 radical (unpaired) electrons. The van der Waals surface area contributed by atoms with Crippen LogP contribution < -0.4 is 5.30 Å². The molecule has 0 saturated carbocycles. The molecule has 0 aliphatic rings. The van der Waals surface area contributed by atoms with Gasteiger partial charge in [-0.25, -0.2) is 4.57 Å². The summed E-state index contributed by atoms with van der Waals surface area (Å²) in [6.07, 6.45) is 0.682. The fourth-order valence-corrected chi connectivity index (χ4v) is 2.76. The monoisotopic (exact) mass is 317 g/mol. The summed E-state index contributed by atoms with van der Waals surface area (Å²) < 4.78 is 16.3. The highest BCUT2D eigenvalue weighted by Gasteiger charge is 2.08. The van der Waals surface area contributed by atoms with Gasteiger partial charge in [-0.2, -0.15) is 0 Å². The van der Waals surface area contributed by atoms with Crippen molar-refractivity contribution >= 4 is 19.6 Å². The number of hydrogen-bond acceptors (Lipinski definition) is 3. The van der Waals surface area contributed by atoms with E-state index in [9.17, 15) is 9.36 Å². The largest absolute Gasteiger partial charge is 0.301 e. The molecule has 2 rings (SSSR count). The van der Waals surface area contributed by atoms with Crippen LogP contribution in [0.25, 0.3) is 0 Å². The summed E-state index contributed by atoms with van der Waals surface area (Å²) in [7, 11) is -1.88. The predicted octanol–water partition coefficient (Wildman–Crippen LogP) is 4.52. The minimum atomic E-state index is -1.88. The summed E-state index contributed by atoms with van der Waals surface area (Å²) >= 11 is 0. The Morgan fingerprint density at radius 2 is 1.59 bits per heavy atom. The summed E-state index contributed by atoms with van der Waals surface area (Å²) in [6, 6.07) is 13.1. The molecule has 3 nitrogen and oxygen atoms in total. The molecule has 0 heterocycles. The normalized spacial score (nSPS) is 10.5. The standard InChI is InChI=1S/C9H10O3P.C9H12/c1-2-12-13(11)9-6-4-3-5-8(9)7-10;1-7-5-4-6-8(2)9(7)3/h3-7H,2H2,1H3;4-6H,1-3H3. The molecule has 0 fully saturated rings. The van der Waals surface area contributed by atoms with Crippen LogP contribution in [-0.4, -0.2) is 12.9 Å². The van der Waals surface area contributed by atoms with Gasteiger partial charge in [0.05, 0.1) is 11.9 Å². The van der Waals surface area contributed by atoms with Gasteiger partial charge in [0.25, 0.3) is 0 Å². The van der Waals surface area contributed by atoms with E-state index < -0.39 is 8.03 Å². The highest BCUT2D eigenvalue weighted by molar-refractivity contribution is 7.48. The van der Waals surface area contributed by atoms with Crippen molar-refractivity contribution in [3.63, 3.8) is 0 Å². The van der Waals surface area contributed by atoms with Gasteiger partial charge in [0.1, 0.15) is 0 Å². The van der Waals surface area contributed by atoms with E-state index in [0.717, 1.165) is 0 Å². The fourth-order valence-electron chi connectivity index (χ4n) is 1.84. The molecule has 0 N–H and O–H groups in total. The fraction of sp³-hybridized carbons (Fsp3) is 0.278. The van der Waals surface area contributed by atoms with Gasteiger partial charge in [-0.1, -0.05) is 36.4 Å². The summed E-state index contributed by atoms with van der Waals surface area (Å²) in [5.74, 6) is 0. The molecule has 2 aromatic rings. The van der Waals surface area contributed by atoms with Gasteiger partial charge in [0.15, 0.2) is 6.29 Å². The highest BCUT2D eigenvalue weighted by atomic mass is 31.1. The Bertz CT molecular complexity index is 630. The van der Waals surface area contributed by atoms with Crippen molar-refractivity contribution < 1.29 is 13.9 Å². The van der Waals surface area contributed by atoms with Gasteiger partial charge in [-0.05, 0) is 50.5 Å². The summed E-state index contributed by atoms with van der Waals surface area (Å²) in [6.45, 7) is 8.58. The van der Waals surface area contributed by atoms with Crippen LogP contribution >= 0.6 is 8.03 Å². The Labute approximate surface area is 133 Å². The van der Waals surface area contributed by atoms with Crippen LogP contribution in [0.2, 0.25) is 0 Å². The number of rotatable bonds is 4. The molecule has 0 spiro atoms. The SMILES string of the molecule is CCO[P](=O)c1ccccc1C=O.Cc1cccc(C)c1C. The lowest BCUT2D eigenvalue weighted by Crippen LogP contribution is -2.05. The average Bonchev–Trinajstić information content (AvgIpc) is 2.53. The molecule has 1 unspecified atom stereocenters. The van der Waals surface area contributed by atoms with E-state index in [4.69, 9.17) is 4.52 Å². The Morgan fingerprint density at radius 1 is 1.00 bits per heavy atom. The number of benzene rings is 2. The Morgan fingerprint density at radius 3 is 2.09 bits per heavy atom. The first-order chi connectivity index (χ1) is 10.5. The Hall–Kier alpha value is -1.83. The van der Waals surface area contributed by atoms with Crippen molar-refractivity contribution in [2.24, 2.45) is 0 Å². The number of hydrogen-bond donors (Lipinski definition) is 0. The van der Waals surface area contributed by atoms with Crippen LogP contribution in [-0.2, 0) is 9.09 Å². The van der Waals surface area contributed by atoms with Gasteiger partial charge in [0.2, 0.25) is 8.03 Å². The van der Waals surface area contributed by atoms with Crippen LogP contribution in [0.3, 0.4) is 0 Å². The number of carbonyl (C=O) groups excluding carboxylic acids is 1. The van der Waals surface area contributed by atoms with Crippen molar-refractivity contribution in [2.75, 3.05) is 6.61 Å². The van der Waals surface area contributed by atoms with Gasteiger partial charge in [-0.3, -0.25) is 4.79 Å². The first-order valence-electron chi connectivity index (χ1n) is 7.18. The molecule has 0 amide bonds. The maximum absolute atomic E-state index is 11.4. The molecule has 4 heteroatoms.